The molecule has 0 aromatic rings. The van der Waals surface area contributed by atoms with E-state index in [9.17, 15) is 4.79 Å². The van der Waals surface area contributed by atoms with Crippen molar-refractivity contribution in [1.82, 2.24) is 0 Å². The molecule has 1 heteroatoms. The van der Waals surface area contributed by atoms with Gasteiger partial charge in [-0.25, -0.2) is 0 Å². The first kappa shape index (κ1) is 14.3. The zero-order valence-corrected chi connectivity index (χ0v) is 11.3. The van der Waals surface area contributed by atoms with Crippen LogP contribution in [0.3, 0.4) is 0 Å². The molecule has 0 spiro atoms. The van der Waals surface area contributed by atoms with Gasteiger partial charge in [-0.15, -0.1) is 11.8 Å². The van der Waals surface area contributed by atoms with Gasteiger partial charge in [0.25, 0.3) is 0 Å². The van der Waals surface area contributed by atoms with Crippen molar-refractivity contribution in [3.05, 3.63) is 0 Å². The minimum atomic E-state index is 0.146. The lowest BCUT2D eigenvalue weighted by Crippen LogP contribution is -2.09. The normalized spacial score (nSPS) is 25.2. The summed E-state index contributed by atoms with van der Waals surface area (Å²) in [5.41, 5.74) is 0. The fourth-order valence-corrected chi connectivity index (χ4v) is 2.25. The summed E-state index contributed by atoms with van der Waals surface area (Å²) in [5.74, 6) is 6.93. The third-order valence-corrected chi connectivity index (χ3v) is 3.56. The summed E-state index contributed by atoms with van der Waals surface area (Å²) in [7, 11) is 0. The van der Waals surface area contributed by atoms with E-state index in [4.69, 9.17) is 0 Å². The van der Waals surface area contributed by atoms with Crippen LogP contribution in [0.1, 0.15) is 77.6 Å². The second kappa shape index (κ2) is 9.28. The number of carbonyl (C=O) groups excluding carboxylic acids is 1. The van der Waals surface area contributed by atoms with Crippen LogP contribution in [0.25, 0.3) is 0 Å². The molecular formula is C16H26O. The lowest BCUT2D eigenvalue weighted by atomic mass is 9.97. The van der Waals surface area contributed by atoms with Gasteiger partial charge in [-0.3, -0.25) is 4.79 Å². The molecule has 1 unspecified atom stereocenters. The maximum Gasteiger partial charge on any atom is 0.136 e. The van der Waals surface area contributed by atoms with Crippen molar-refractivity contribution in [2.24, 2.45) is 5.92 Å². The lowest BCUT2D eigenvalue weighted by molar-refractivity contribution is -0.122. The van der Waals surface area contributed by atoms with Crippen LogP contribution >= 0.6 is 0 Å². The highest BCUT2D eigenvalue weighted by Gasteiger charge is 2.10. The molecule has 0 N–H and O–H groups in total. The first-order valence-corrected chi connectivity index (χ1v) is 7.29. The minimum Gasteiger partial charge on any atom is -0.299 e. The van der Waals surface area contributed by atoms with Crippen molar-refractivity contribution < 1.29 is 4.79 Å². The molecule has 0 aliphatic heterocycles. The molecule has 0 saturated carbocycles. The van der Waals surface area contributed by atoms with E-state index >= 15 is 0 Å². The molecule has 0 amide bonds. The monoisotopic (exact) mass is 234 g/mol. The van der Waals surface area contributed by atoms with E-state index in [2.05, 4.69) is 11.8 Å². The molecule has 0 saturated heterocycles. The second-order valence-corrected chi connectivity index (χ2v) is 5.25. The van der Waals surface area contributed by atoms with Crippen LogP contribution in [-0.2, 0) is 4.79 Å². The fourth-order valence-electron chi connectivity index (χ4n) is 2.25. The van der Waals surface area contributed by atoms with Gasteiger partial charge in [0, 0.05) is 25.2 Å². The van der Waals surface area contributed by atoms with Crippen molar-refractivity contribution in [1.29, 1.82) is 0 Å². The SMILES string of the molecule is CC1CC#CCCCCCCCCCCC1=O. The maximum absolute atomic E-state index is 11.8. The van der Waals surface area contributed by atoms with Gasteiger partial charge >= 0.3 is 0 Å². The standard InChI is InChI=1S/C16H26O/c1-15-13-11-9-7-5-3-2-4-6-8-10-12-14-16(15)17/h15H,2-8,10,12-14H2,1H3. The summed E-state index contributed by atoms with van der Waals surface area (Å²) in [5, 5.41) is 0. The largest absolute Gasteiger partial charge is 0.299 e. The highest BCUT2D eigenvalue weighted by atomic mass is 16.1. The average molecular weight is 234 g/mol. The van der Waals surface area contributed by atoms with E-state index in [-0.39, 0.29) is 5.92 Å². The molecular weight excluding hydrogens is 208 g/mol. The molecule has 1 nitrogen and oxygen atoms in total. The summed E-state index contributed by atoms with van der Waals surface area (Å²) in [4.78, 5) is 11.8. The van der Waals surface area contributed by atoms with Crippen molar-refractivity contribution in [3.63, 3.8) is 0 Å². The fraction of sp³-hybridized carbons (Fsp3) is 0.812. The molecule has 0 fully saturated rings. The Kier molecular flexibility index (Phi) is 7.80. The Labute approximate surface area is 106 Å². The Bertz CT molecular complexity index is 269. The van der Waals surface area contributed by atoms with Crippen molar-refractivity contribution in [2.75, 3.05) is 0 Å². The van der Waals surface area contributed by atoms with Crippen molar-refractivity contribution in [3.8, 4) is 11.8 Å². The molecule has 0 radical (unpaired) electrons. The number of rotatable bonds is 0. The van der Waals surface area contributed by atoms with Crippen LogP contribution in [0.5, 0.6) is 0 Å². The van der Waals surface area contributed by atoms with Crippen LogP contribution in [0.4, 0.5) is 0 Å². The van der Waals surface area contributed by atoms with Crippen LogP contribution in [-0.4, -0.2) is 5.78 Å². The van der Waals surface area contributed by atoms with E-state index in [0.29, 0.717) is 5.78 Å². The number of hydrogen-bond acceptors (Lipinski definition) is 1. The van der Waals surface area contributed by atoms with Crippen LogP contribution in [0.2, 0.25) is 0 Å². The van der Waals surface area contributed by atoms with Gasteiger partial charge in [0.05, 0.1) is 0 Å². The van der Waals surface area contributed by atoms with Crippen LogP contribution in [0, 0.1) is 17.8 Å². The van der Waals surface area contributed by atoms with Crippen molar-refractivity contribution >= 4 is 5.78 Å². The van der Waals surface area contributed by atoms with E-state index in [1.54, 1.807) is 0 Å². The van der Waals surface area contributed by atoms with Crippen molar-refractivity contribution in [2.45, 2.75) is 77.6 Å². The third kappa shape index (κ3) is 7.21. The van der Waals surface area contributed by atoms with E-state index in [1.807, 2.05) is 6.92 Å². The lowest BCUT2D eigenvalue weighted by Gasteiger charge is -2.06. The molecule has 1 atom stereocenters. The van der Waals surface area contributed by atoms with Gasteiger partial charge in [0.1, 0.15) is 5.78 Å². The predicted molar refractivity (Wildman–Crippen MR) is 72.7 cm³/mol. The summed E-state index contributed by atoms with van der Waals surface area (Å²) in [6, 6.07) is 0. The Morgan fingerprint density at radius 3 is 2.18 bits per heavy atom. The van der Waals surface area contributed by atoms with Gasteiger partial charge in [-0.1, -0.05) is 45.4 Å². The van der Waals surface area contributed by atoms with E-state index in [1.165, 1.54) is 44.9 Å². The number of carbonyl (C=O) groups is 1. The summed E-state index contributed by atoms with van der Waals surface area (Å²) >= 11 is 0. The van der Waals surface area contributed by atoms with Gasteiger partial charge < -0.3 is 0 Å². The van der Waals surface area contributed by atoms with Crippen LogP contribution < -0.4 is 0 Å². The molecule has 0 heterocycles. The maximum atomic E-state index is 11.8. The first-order chi connectivity index (χ1) is 8.30. The highest BCUT2D eigenvalue weighted by Crippen LogP contribution is 2.13. The van der Waals surface area contributed by atoms with E-state index in [0.717, 1.165) is 25.7 Å². The second-order valence-electron chi connectivity index (χ2n) is 5.25. The Morgan fingerprint density at radius 1 is 0.882 bits per heavy atom. The van der Waals surface area contributed by atoms with Gasteiger partial charge in [-0.2, -0.15) is 0 Å². The Hall–Kier alpha value is -0.770. The summed E-state index contributed by atoms with van der Waals surface area (Å²) in [6.45, 7) is 2.02. The quantitative estimate of drug-likeness (QED) is 0.564. The molecule has 1 aliphatic rings. The smallest absolute Gasteiger partial charge is 0.136 e. The Balaban J connectivity index is 2.35. The molecule has 96 valence electrons. The zero-order valence-electron chi connectivity index (χ0n) is 11.3. The molecule has 1 aliphatic carbocycles. The highest BCUT2D eigenvalue weighted by molar-refractivity contribution is 5.80. The molecule has 0 aromatic carbocycles. The topological polar surface area (TPSA) is 17.1 Å². The summed E-state index contributed by atoms with van der Waals surface area (Å²) < 4.78 is 0. The molecule has 0 bridgehead atoms. The van der Waals surface area contributed by atoms with E-state index < -0.39 is 0 Å². The number of hydrogen-bond donors (Lipinski definition) is 0. The van der Waals surface area contributed by atoms with Crippen LogP contribution in [0.15, 0.2) is 0 Å². The van der Waals surface area contributed by atoms with Gasteiger partial charge in [-0.05, 0) is 12.8 Å². The summed E-state index contributed by atoms with van der Waals surface area (Å²) in [6.07, 6.45) is 12.8. The average Bonchev–Trinajstić information content (AvgIpc) is 2.34. The zero-order chi connectivity index (χ0) is 12.3. The Morgan fingerprint density at radius 2 is 1.47 bits per heavy atom. The number of Topliss-reactive ketones (excluding diaryl/α,β-unsaturated/α-hetero) is 1. The van der Waals surface area contributed by atoms with Gasteiger partial charge in [0.15, 0.2) is 0 Å². The number of ketones is 1. The first-order valence-electron chi connectivity index (χ1n) is 7.29. The third-order valence-electron chi connectivity index (χ3n) is 3.56. The predicted octanol–water partition coefficient (Wildman–Crippen LogP) is 4.50. The molecule has 17 heavy (non-hydrogen) atoms. The molecule has 1 rings (SSSR count). The minimum absolute atomic E-state index is 0.146. The van der Waals surface area contributed by atoms with Gasteiger partial charge in [0.2, 0.25) is 0 Å². The molecule has 0 aromatic heterocycles.